The molecule has 1 atom stereocenters. The molecule has 29 heavy (non-hydrogen) atoms. The van der Waals surface area contributed by atoms with Crippen molar-refractivity contribution in [3.8, 4) is 0 Å². The minimum absolute atomic E-state index is 0.0776. The summed E-state index contributed by atoms with van der Waals surface area (Å²) in [6.07, 6.45) is 3.63. The van der Waals surface area contributed by atoms with Gasteiger partial charge in [-0.2, -0.15) is 0 Å². The van der Waals surface area contributed by atoms with Gasteiger partial charge in [-0.15, -0.1) is 0 Å². The van der Waals surface area contributed by atoms with E-state index in [1.807, 2.05) is 46.7 Å². The van der Waals surface area contributed by atoms with Crippen molar-refractivity contribution in [2.75, 3.05) is 32.1 Å². The molecule has 2 aliphatic heterocycles. The number of para-hydroxylation sites is 1. The third kappa shape index (κ3) is 3.67. The van der Waals surface area contributed by atoms with E-state index < -0.39 is 0 Å². The van der Waals surface area contributed by atoms with E-state index in [0.717, 1.165) is 50.2 Å². The van der Waals surface area contributed by atoms with Gasteiger partial charge in [0.05, 0.1) is 5.69 Å². The summed E-state index contributed by atoms with van der Waals surface area (Å²) < 4.78 is 1.97. The number of hydrogen-bond donors (Lipinski definition) is 1. The first-order valence-electron chi connectivity index (χ1n) is 10.4. The Balaban J connectivity index is 1.65. The monoisotopic (exact) mass is 395 g/mol. The molecule has 2 aliphatic rings. The van der Waals surface area contributed by atoms with Gasteiger partial charge in [-0.1, -0.05) is 18.2 Å². The van der Waals surface area contributed by atoms with Gasteiger partial charge in [-0.3, -0.25) is 9.59 Å². The molecular formula is C22H29N5O2. The maximum Gasteiger partial charge on any atom is 0.294 e. The Morgan fingerprint density at radius 1 is 1.24 bits per heavy atom. The van der Waals surface area contributed by atoms with Crippen LogP contribution in [0.15, 0.2) is 24.3 Å². The molecule has 2 amide bonds. The van der Waals surface area contributed by atoms with Crippen LogP contribution in [0.4, 0.5) is 5.69 Å². The molecule has 0 fully saturated rings. The van der Waals surface area contributed by atoms with Crippen molar-refractivity contribution in [3.63, 3.8) is 0 Å². The average Bonchev–Trinajstić information content (AvgIpc) is 3.24. The molecule has 1 unspecified atom stereocenters. The van der Waals surface area contributed by atoms with Crippen molar-refractivity contribution in [2.24, 2.45) is 0 Å². The summed E-state index contributed by atoms with van der Waals surface area (Å²) in [6.45, 7) is 4.11. The van der Waals surface area contributed by atoms with E-state index >= 15 is 0 Å². The van der Waals surface area contributed by atoms with Crippen molar-refractivity contribution in [1.82, 2.24) is 19.8 Å². The first kappa shape index (κ1) is 19.6. The zero-order valence-electron chi connectivity index (χ0n) is 17.4. The van der Waals surface area contributed by atoms with Gasteiger partial charge in [-0.25, -0.2) is 4.98 Å². The van der Waals surface area contributed by atoms with Crippen LogP contribution >= 0.6 is 0 Å². The maximum atomic E-state index is 13.5. The van der Waals surface area contributed by atoms with Gasteiger partial charge in [0.25, 0.3) is 11.8 Å². The largest absolute Gasteiger partial charge is 0.349 e. The van der Waals surface area contributed by atoms with Crippen molar-refractivity contribution in [3.05, 3.63) is 47.0 Å². The molecule has 3 heterocycles. The minimum atomic E-state index is -0.188. The van der Waals surface area contributed by atoms with E-state index in [2.05, 4.69) is 23.3 Å². The Hall–Kier alpha value is -2.67. The Morgan fingerprint density at radius 2 is 2.03 bits per heavy atom. The lowest BCUT2D eigenvalue weighted by molar-refractivity contribution is 0.0945. The molecule has 0 spiro atoms. The highest BCUT2D eigenvalue weighted by molar-refractivity contribution is 6.07. The summed E-state index contributed by atoms with van der Waals surface area (Å²) in [5.41, 5.74) is 3.43. The highest BCUT2D eigenvalue weighted by Gasteiger charge is 2.36. The predicted octanol–water partition coefficient (Wildman–Crippen LogP) is 2.10. The van der Waals surface area contributed by atoms with Crippen LogP contribution in [0.3, 0.4) is 0 Å². The molecule has 1 aromatic heterocycles. The molecule has 0 aliphatic carbocycles. The topological polar surface area (TPSA) is 70.5 Å². The Morgan fingerprint density at radius 3 is 2.83 bits per heavy atom. The number of hydrogen-bond acceptors (Lipinski definition) is 4. The molecular weight excluding hydrogens is 366 g/mol. The summed E-state index contributed by atoms with van der Waals surface area (Å²) in [7, 11) is 3.94. The zero-order valence-corrected chi connectivity index (χ0v) is 17.4. The molecule has 0 saturated carbocycles. The molecule has 1 N–H and O–H groups in total. The van der Waals surface area contributed by atoms with Gasteiger partial charge in [0, 0.05) is 31.4 Å². The Labute approximate surface area is 171 Å². The number of nitrogens with one attached hydrogen (secondary N) is 1. The molecule has 0 radical (unpaired) electrons. The van der Waals surface area contributed by atoms with E-state index in [-0.39, 0.29) is 17.9 Å². The van der Waals surface area contributed by atoms with Crippen LogP contribution in [-0.2, 0) is 19.4 Å². The molecule has 1 aromatic carbocycles. The van der Waals surface area contributed by atoms with Crippen LogP contribution in [0.25, 0.3) is 0 Å². The lowest BCUT2D eigenvalue weighted by atomic mass is 10.1. The van der Waals surface area contributed by atoms with Crippen LogP contribution in [0, 0.1) is 0 Å². The van der Waals surface area contributed by atoms with E-state index in [9.17, 15) is 9.59 Å². The molecule has 7 heteroatoms. The minimum Gasteiger partial charge on any atom is -0.349 e. The first-order valence-corrected chi connectivity index (χ1v) is 10.4. The summed E-state index contributed by atoms with van der Waals surface area (Å²) >= 11 is 0. The molecule has 4 rings (SSSR count). The van der Waals surface area contributed by atoms with E-state index in [1.165, 1.54) is 5.56 Å². The fourth-order valence-electron chi connectivity index (χ4n) is 4.35. The fraction of sp³-hybridized carbons (Fsp3) is 0.500. The number of fused-ring (bicyclic) bond motifs is 2. The number of likely N-dealkylation sites (N-methyl/N-ethyl adjacent to an activating group) is 1. The summed E-state index contributed by atoms with van der Waals surface area (Å²) in [4.78, 5) is 34.8. The number of anilines is 1. The maximum absolute atomic E-state index is 13.5. The van der Waals surface area contributed by atoms with Gasteiger partial charge >= 0.3 is 0 Å². The number of carbonyl (C=O) groups is 2. The normalized spacial score (nSPS) is 17.9. The quantitative estimate of drug-likeness (QED) is 0.842. The number of imidazole rings is 1. The number of aromatic nitrogens is 2. The lowest BCUT2D eigenvalue weighted by Gasteiger charge is -2.24. The third-order valence-electron chi connectivity index (χ3n) is 5.79. The second-order valence-electron chi connectivity index (χ2n) is 8.26. The molecule has 2 aromatic rings. The van der Waals surface area contributed by atoms with Crippen molar-refractivity contribution >= 4 is 17.5 Å². The van der Waals surface area contributed by atoms with Crippen molar-refractivity contribution in [1.29, 1.82) is 0 Å². The summed E-state index contributed by atoms with van der Waals surface area (Å²) in [5, 5.41) is 2.95. The highest BCUT2D eigenvalue weighted by atomic mass is 16.2. The predicted molar refractivity (Wildman–Crippen MR) is 112 cm³/mol. The van der Waals surface area contributed by atoms with Gasteiger partial charge in [0.2, 0.25) is 5.82 Å². The SMILES string of the molecule is CC1Cc2ccccc2N1C(=O)c1nc(C(=O)NCCN(C)C)c2n1CCCC2. The van der Waals surface area contributed by atoms with Gasteiger partial charge < -0.3 is 19.7 Å². The standard InChI is InChI=1S/C22H29N5O2/c1-15-14-16-8-4-5-9-17(16)27(15)22(29)20-24-19(18-10-6-7-12-26(18)20)21(28)23-11-13-25(2)3/h4-5,8-9,15H,6-7,10-14H2,1-3H3,(H,23,28). The van der Waals surface area contributed by atoms with Crippen LogP contribution < -0.4 is 10.2 Å². The van der Waals surface area contributed by atoms with Crippen LogP contribution in [0.2, 0.25) is 0 Å². The molecule has 0 saturated heterocycles. The third-order valence-corrected chi connectivity index (χ3v) is 5.79. The Kier molecular flexibility index (Phi) is 5.41. The average molecular weight is 396 g/mol. The first-order chi connectivity index (χ1) is 14.0. The highest BCUT2D eigenvalue weighted by Crippen LogP contribution is 2.33. The van der Waals surface area contributed by atoms with Gasteiger partial charge in [0.1, 0.15) is 5.69 Å². The number of rotatable bonds is 5. The second kappa shape index (κ2) is 7.99. The molecule has 0 bridgehead atoms. The summed E-state index contributed by atoms with van der Waals surface area (Å²) in [6, 6.07) is 8.11. The smallest absolute Gasteiger partial charge is 0.294 e. The number of benzene rings is 1. The van der Waals surface area contributed by atoms with E-state index in [0.29, 0.717) is 18.1 Å². The number of amides is 2. The summed E-state index contributed by atoms with van der Waals surface area (Å²) in [5.74, 6) is 0.0883. The van der Waals surface area contributed by atoms with Crippen molar-refractivity contribution in [2.45, 2.75) is 45.2 Å². The van der Waals surface area contributed by atoms with Crippen LogP contribution in [0.5, 0.6) is 0 Å². The van der Waals surface area contributed by atoms with Crippen molar-refractivity contribution < 1.29 is 9.59 Å². The van der Waals surface area contributed by atoms with Gasteiger partial charge in [0.15, 0.2) is 0 Å². The molecule has 7 nitrogen and oxygen atoms in total. The van der Waals surface area contributed by atoms with Crippen LogP contribution in [0.1, 0.15) is 52.1 Å². The number of nitrogens with zero attached hydrogens (tertiary/aromatic N) is 4. The van der Waals surface area contributed by atoms with E-state index in [1.54, 1.807) is 0 Å². The lowest BCUT2D eigenvalue weighted by Crippen LogP contribution is -2.37. The fourth-order valence-corrected chi connectivity index (χ4v) is 4.35. The molecule has 154 valence electrons. The van der Waals surface area contributed by atoms with Crippen LogP contribution in [-0.4, -0.2) is 59.5 Å². The van der Waals surface area contributed by atoms with Gasteiger partial charge in [-0.05, 0) is 58.3 Å². The number of carbonyl (C=O) groups excluding carboxylic acids is 2. The van der Waals surface area contributed by atoms with E-state index in [4.69, 9.17) is 0 Å². The second-order valence-corrected chi connectivity index (χ2v) is 8.26. The zero-order chi connectivity index (χ0) is 20.5. The Bertz CT molecular complexity index is 933.